The predicted molar refractivity (Wildman–Crippen MR) is 56.8 cm³/mol. The third kappa shape index (κ3) is 5.04. The minimum Gasteiger partial charge on any atom is -0.302 e. The summed E-state index contributed by atoms with van der Waals surface area (Å²) in [6.45, 7) is 10.4. The van der Waals surface area contributed by atoms with Crippen LogP contribution < -0.4 is 0 Å². The molecular formula is C11H23NO. The summed E-state index contributed by atoms with van der Waals surface area (Å²) < 4.78 is 0. The molecule has 0 bridgehead atoms. The monoisotopic (exact) mass is 185 g/mol. The highest BCUT2D eigenvalue weighted by Gasteiger charge is 2.14. The molecule has 0 atom stereocenters. The first-order valence-electron chi connectivity index (χ1n) is 5.33. The molecule has 13 heavy (non-hydrogen) atoms. The molecule has 0 fully saturated rings. The van der Waals surface area contributed by atoms with Crippen molar-refractivity contribution in [2.45, 2.75) is 46.6 Å². The molecule has 0 radical (unpaired) electrons. The lowest BCUT2D eigenvalue weighted by atomic mass is 10.1. The maximum Gasteiger partial charge on any atom is 0.133 e. The van der Waals surface area contributed by atoms with Crippen molar-refractivity contribution in [3.8, 4) is 0 Å². The van der Waals surface area contributed by atoms with Gasteiger partial charge in [-0.3, -0.25) is 4.90 Å². The Bertz CT molecular complexity index is 130. The molecule has 0 aromatic carbocycles. The van der Waals surface area contributed by atoms with E-state index in [-0.39, 0.29) is 0 Å². The van der Waals surface area contributed by atoms with Crippen LogP contribution in [0.25, 0.3) is 0 Å². The first-order valence-corrected chi connectivity index (χ1v) is 5.33. The molecule has 0 unspecified atom stereocenters. The number of hydrogen-bond donors (Lipinski definition) is 0. The van der Waals surface area contributed by atoms with Gasteiger partial charge in [0.2, 0.25) is 0 Å². The van der Waals surface area contributed by atoms with Crippen molar-refractivity contribution in [1.29, 1.82) is 0 Å². The van der Waals surface area contributed by atoms with Crippen molar-refractivity contribution in [3.05, 3.63) is 0 Å². The van der Waals surface area contributed by atoms with Crippen LogP contribution in [0.15, 0.2) is 0 Å². The zero-order chi connectivity index (χ0) is 10.3. The fourth-order valence-corrected chi connectivity index (χ4v) is 1.74. The third-order valence-electron chi connectivity index (χ3n) is 2.37. The van der Waals surface area contributed by atoms with E-state index in [2.05, 4.69) is 32.6 Å². The molecule has 0 saturated carbocycles. The van der Waals surface area contributed by atoms with E-state index in [9.17, 15) is 4.79 Å². The lowest BCUT2D eigenvalue weighted by Crippen LogP contribution is -2.38. The number of carbonyl (C=O) groups is 1. The molecule has 0 aromatic rings. The number of rotatable bonds is 7. The van der Waals surface area contributed by atoms with Gasteiger partial charge in [-0.1, -0.05) is 27.7 Å². The first-order chi connectivity index (χ1) is 6.15. The Kier molecular flexibility index (Phi) is 6.87. The first kappa shape index (κ1) is 12.6. The summed E-state index contributed by atoms with van der Waals surface area (Å²) in [6.07, 6.45) is 3.29. The zero-order valence-corrected chi connectivity index (χ0v) is 9.42. The average Bonchev–Trinajstić information content (AvgIpc) is 2.05. The molecule has 2 heteroatoms. The quantitative estimate of drug-likeness (QED) is 0.567. The van der Waals surface area contributed by atoms with Crippen molar-refractivity contribution in [3.63, 3.8) is 0 Å². The lowest BCUT2D eigenvalue weighted by molar-refractivity contribution is -0.109. The van der Waals surface area contributed by atoms with Gasteiger partial charge in [0.25, 0.3) is 0 Å². The SMILES string of the molecule is CCC(CC)N(CC=O)CC(C)C. The second kappa shape index (κ2) is 7.07. The van der Waals surface area contributed by atoms with E-state index in [1.54, 1.807) is 0 Å². The van der Waals surface area contributed by atoms with Gasteiger partial charge in [0.05, 0.1) is 6.54 Å². The van der Waals surface area contributed by atoms with E-state index in [0.717, 1.165) is 25.7 Å². The Morgan fingerprint density at radius 3 is 2.08 bits per heavy atom. The highest BCUT2D eigenvalue weighted by molar-refractivity contribution is 5.52. The van der Waals surface area contributed by atoms with Gasteiger partial charge < -0.3 is 4.79 Å². The van der Waals surface area contributed by atoms with Gasteiger partial charge in [0.15, 0.2) is 0 Å². The predicted octanol–water partition coefficient (Wildman–Crippen LogP) is 2.33. The van der Waals surface area contributed by atoms with E-state index in [4.69, 9.17) is 0 Å². The van der Waals surface area contributed by atoms with Crippen molar-refractivity contribution in [1.82, 2.24) is 4.90 Å². The van der Waals surface area contributed by atoms with Crippen molar-refractivity contribution >= 4 is 6.29 Å². The number of aldehydes is 1. The van der Waals surface area contributed by atoms with Gasteiger partial charge >= 0.3 is 0 Å². The van der Waals surface area contributed by atoms with Crippen molar-refractivity contribution < 1.29 is 4.79 Å². The summed E-state index contributed by atoms with van der Waals surface area (Å²) in [7, 11) is 0. The molecule has 0 spiro atoms. The third-order valence-corrected chi connectivity index (χ3v) is 2.37. The molecule has 0 aliphatic heterocycles. The second-order valence-corrected chi connectivity index (χ2v) is 3.98. The number of carbonyl (C=O) groups excluding carboxylic acids is 1. The molecule has 0 rings (SSSR count). The van der Waals surface area contributed by atoms with Gasteiger partial charge in [-0.2, -0.15) is 0 Å². The molecule has 0 aromatic heterocycles. The lowest BCUT2D eigenvalue weighted by Gasteiger charge is -2.29. The van der Waals surface area contributed by atoms with E-state index in [1.807, 2.05) is 0 Å². The summed E-state index contributed by atoms with van der Waals surface area (Å²) in [6, 6.07) is 0.576. The largest absolute Gasteiger partial charge is 0.302 e. The van der Waals surface area contributed by atoms with Crippen LogP contribution >= 0.6 is 0 Å². The Balaban J connectivity index is 4.11. The summed E-state index contributed by atoms with van der Waals surface area (Å²) in [4.78, 5) is 12.8. The average molecular weight is 185 g/mol. The van der Waals surface area contributed by atoms with Crippen LogP contribution in [0.4, 0.5) is 0 Å². The normalized spacial score (nSPS) is 11.6. The van der Waals surface area contributed by atoms with Gasteiger partial charge in [-0.15, -0.1) is 0 Å². The molecule has 0 amide bonds. The molecule has 0 heterocycles. The molecule has 0 saturated heterocycles. The Hall–Kier alpha value is -0.370. The van der Waals surface area contributed by atoms with Gasteiger partial charge in [-0.05, 0) is 18.8 Å². The minimum absolute atomic E-state index is 0.576. The molecule has 0 aliphatic carbocycles. The van der Waals surface area contributed by atoms with Crippen LogP contribution in [-0.2, 0) is 4.79 Å². The van der Waals surface area contributed by atoms with Crippen LogP contribution in [0.2, 0.25) is 0 Å². The fraction of sp³-hybridized carbons (Fsp3) is 0.909. The summed E-state index contributed by atoms with van der Waals surface area (Å²) >= 11 is 0. The molecule has 0 N–H and O–H groups in total. The van der Waals surface area contributed by atoms with Gasteiger partial charge in [0, 0.05) is 12.6 Å². The van der Waals surface area contributed by atoms with Gasteiger partial charge in [-0.25, -0.2) is 0 Å². The van der Waals surface area contributed by atoms with E-state index in [0.29, 0.717) is 18.5 Å². The fourth-order valence-electron chi connectivity index (χ4n) is 1.74. The Labute approximate surface area is 82.3 Å². The zero-order valence-electron chi connectivity index (χ0n) is 9.42. The molecular weight excluding hydrogens is 162 g/mol. The van der Waals surface area contributed by atoms with Crippen LogP contribution in [-0.4, -0.2) is 30.3 Å². The number of nitrogens with zero attached hydrogens (tertiary/aromatic N) is 1. The second-order valence-electron chi connectivity index (χ2n) is 3.98. The molecule has 2 nitrogen and oxygen atoms in total. The van der Waals surface area contributed by atoms with Crippen molar-refractivity contribution in [2.24, 2.45) is 5.92 Å². The van der Waals surface area contributed by atoms with Crippen LogP contribution in [0.5, 0.6) is 0 Å². The van der Waals surface area contributed by atoms with E-state index in [1.165, 1.54) is 0 Å². The van der Waals surface area contributed by atoms with Crippen molar-refractivity contribution in [2.75, 3.05) is 13.1 Å². The Morgan fingerprint density at radius 1 is 1.23 bits per heavy atom. The van der Waals surface area contributed by atoms with Crippen LogP contribution in [0, 0.1) is 5.92 Å². The highest BCUT2D eigenvalue weighted by atomic mass is 16.1. The smallest absolute Gasteiger partial charge is 0.133 e. The number of hydrogen-bond acceptors (Lipinski definition) is 2. The maximum absolute atomic E-state index is 10.5. The van der Waals surface area contributed by atoms with Crippen LogP contribution in [0.1, 0.15) is 40.5 Å². The topological polar surface area (TPSA) is 20.3 Å². The van der Waals surface area contributed by atoms with Gasteiger partial charge in [0.1, 0.15) is 6.29 Å². The maximum atomic E-state index is 10.5. The molecule has 0 aliphatic rings. The summed E-state index contributed by atoms with van der Waals surface area (Å²) in [5.41, 5.74) is 0. The Morgan fingerprint density at radius 2 is 1.77 bits per heavy atom. The molecule has 78 valence electrons. The highest BCUT2D eigenvalue weighted by Crippen LogP contribution is 2.10. The standard InChI is InChI=1S/C11H23NO/c1-5-11(6-2)12(7-8-13)9-10(3)4/h8,10-11H,5-7,9H2,1-4H3. The van der Waals surface area contributed by atoms with Crippen LogP contribution in [0.3, 0.4) is 0 Å². The summed E-state index contributed by atoms with van der Waals surface area (Å²) in [5.74, 6) is 0.639. The van der Waals surface area contributed by atoms with E-state index >= 15 is 0 Å². The minimum atomic E-state index is 0.576. The van der Waals surface area contributed by atoms with E-state index < -0.39 is 0 Å². The summed E-state index contributed by atoms with van der Waals surface area (Å²) in [5, 5.41) is 0.